The van der Waals surface area contributed by atoms with Crippen LogP contribution in [-0.2, 0) is 16.1 Å². The van der Waals surface area contributed by atoms with E-state index in [9.17, 15) is 14.4 Å². The largest absolute Gasteiger partial charge is 0.352 e. The second-order valence-electron chi connectivity index (χ2n) is 12.0. The molecule has 1 aromatic rings. The molecule has 7 rings (SSSR count). The summed E-state index contributed by atoms with van der Waals surface area (Å²) < 4.78 is 0. The molecule has 5 aliphatic carbocycles. The summed E-state index contributed by atoms with van der Waals surface area (Å²) in [5, 5.41) is 6.26. The van der Waals surface area contributed by atoms with Gasteiger partial charge in [-0.05, 0) is 86.8 Å². The Kier molecular flexibility index (Phi) is 6.07. The van der Waals surface area contributed by atoms with E-state index in [-0.39, 0.29) is 23.1 Å². The number of nitrogens with one attached hydrogen (secondary N) is 2. The third-order valence-corrected chi connectivity index (χ3v) is 9.14. The first-order valence-corrected chi connectivity index (χ1v) is 13.6. The van der Waals surface area contributed by atoms with Crippen molar-refractivity contribution in [2.45, 2.75) is 64.0 Å². The van der Waals surface area contributed by atoms with E-state index in [4.69, 9.17) is 0 Å². The Hall–Kier alpha value is -2.41. The summed E-state index contributed by atoms with van der Waals surface area (Å²) in [5.41, 5.74) is 1.60. The fourth-order valence-corrected chi connectivity index (χ4v) is 7.52. The quantitative estimate of drug-likeness (QED) is 0.631. The fraction of sp³-hybridized carbons (Fsp3) is 0.679. The molecule has 1 aliphatic heterocycles. The number of hydrogen-bond donors (Lipinski definition) is 2. The van der Waals surface area contributed by atoms with Crippen molar-refractivity contribution in [1.29, 1.82) is 0 Å². The van der Waals surface area contributed by atoms with Gasteiger partial charge in [0.25, 0.3) is 5.91 Å². The van der Waals surface area contributed by atoms with E-state index < -0.39 is 0 Å². The normalized spacial score (nSPS) is 31.9. The minimum Gasteiger partial charge on any atom is -0.352 e. The molecule has 0 spiro atoms. The van der Waals surface area contributed by atoms with Crippen molar-refractivity contribution in [2.24, 2.45) is 23.2 Å². The van der Waals surface area contributed by atoms with Crippen LogP contribution in [0, 0.1) is 23.2 Å². The Bertz CT molecular complexity index is 943. The van der Waals surface area contributed by atoms with E-state index in [2.05, 4.69) is 15.5 Å². The molecule has 6 aliphatic rings. The summed E-state index contributed by atoms with van der Waals surface area (Å²) in [6.45, 7) is 3.66. The molecule has 0 radical (unpaired) electrons. The zero-order valence-corrected chi connectivity index (χ0v) is 20.6. The van der Waals surface area contributed by atoms with Crippen LogP contribution in [0.1, 0.15) is 67.3 Å². The smallest absolute Gasteiger partial charge is 0.253 e. The Labute approximate surface area is 208 Å². The number of hydrogen-bond acceptors (Lipinski definition) is 4. The van der Waals surface area contributed by atoms with Crippen LogP contribution >= 0.6 is 0 Å². The van der Waals surface area contributed by atoms with E-state index in [0.717, 1.165) is 68.5 Å². The predicted molar refractivity (Wildman–Crippen MR) is 132 cm³/mol. The Morgan fingerprint density at radius 3 is 2.03 bits per heavy atom. The lowest BCUT2D eigenvalue weighted by molar-refractivity contribution is -0.146. The van der Waals surface area contributed by atoms with Crippen LogP contribution in [-0.4, -0.2) is 66.3 Å². The van der Waals surface area contributed by atoms with E-state index in [1.165, 1.54) is 19.3 Å². The summed E-state index contributed by atoms with van der Waals surface area (Å²) in [6.07, 6.45) is 9.46. The molecular weight excluding hydrogens is 440 g/mol. The second-order valence-corrected chi connectivity index (χ2v) is 12.0. The van der Waals surface area contributed by atoms with Gasteiger partial charge in [0, 0.05) is 49.7 Å². The van der Waals surface area contributed by atoms with Gasteiger partial charge in [-0.25, -0.2) is 0 Å². The second kappa shape index (κ2) is 9.23. The Morgan fingerprint density at radius 2 is 1.46 bits per heavy atom. The number of nitrogens with zero attached hydrogens (tertiary/aromatic N) is 2. The zero-order valence-electron chi connectivity index (χ0n) is 20.6. The summed E-state index contributed by atoms with van der Waals surface area (Å²) in [5.74, 6) is 2.67. The van der Waals surface area contributed by atoms with E-state index in [1.807, 2.05) is 29.2 Å². The average molecular weight is 479 g/mol. The van der Waals surface area contributed by atoms with Gasteiger partial charge in [0.1, 0.15) is 0 Å². The maximum absolute atomic E-state index is 13.2. The molecule has 188 valence electrons. The molecule has 7 nitrogen and oxygen atoms in total. The highest BCUT2D eigenvalue weighted by molar-refractivity contribution is 5.94. The molecule has 35 heavy (non-hydrogen) atoms. The summed E-state index contributed by atoms with van der Waals surface area (Å²) >= 11 is 0. The van der Waals surface area contributed by atoms with Crippen LogP contribution in [0.5, 0.6) is 0 Å². The van der Waals surface area contributed by atoms with Crippen molar-refractivity contribution in [3.05, 3.63) is 35.4 Å². The van der Waals surface area contributed by atoms with Gasteiger partial charge in [0.05, 0.1) is 6.54 Å². The van der Waals surface area contributed by atoms with Crippen LogP contribution in [0.15, 0.2) is 24.3 Å². The summed E-state index contributed by atoms with van der Waals surface area (Å²) in [4.78, 5) is 42.2. The number of amides is 3. The highest BCUT2D eigenvalue weighted by Crippen LogP contribution is 2.60. The van der Waals surface area contributed by atoms with Crippen molar-refractivity contribution in [1.82, 2.24) is 20.4 Å². The average Bonchev–Trinajstić information content (AvgIpc) is 3.66. The number of carbonyl (C=O) groups is 3. The molecule has 4 bridgehead atoms. The first-order valence-electron chi connectivity index (χ1n) is 13.6. The van der Waals surface area contributed by atoms with Crippen LogP contribution in [0.25, 0.3) is 0 Å². The van der Waals surface area contributed by atoms with Gasteiger partial charge >= 0.3 is 0 Å². The topological polar surface area (TPSA) is 81.8 Å². The molecule has 6 fully saturated rings. The van der Waals surface area contributed by atoms with Gasteiger partial charge in [-0.1, -0.05) is 12.1 Å². The molecule has 1 aromatic carbocycles. The van der Waals surface area contributed by atoms with E-state index in [1.54, 1.807) is 0 Å². The van der Waals surface area contributed by atoms with Gasteiger partial charge in [-0.2, -0.15) is 0 Å². The van der Waals surface area contributed by atoms with Gasteiger partial charge in [0.15, 0.2) is 0 Å². The van der Waals surface area contributed by atoms with Gasteiger partial charge in [-0.3, -0.25) is 19.3 Å². The molecule has 1 saturated heterocycles. The van der Waals surface area contributed by atoms with E-state index in [0.29, 0.717) is 37.8 Å². The van der Waals surface area contributed by atoms with Gasteiger partial charge in [-0.15, -0.1) is 0 Å². The number of piperazine rings is 1. The third-order valence-electron chi connectivity index (χ3n) is 9.14. The molecule has 1 heterocycles. The van der Waals surface area contributed by atoms with Crippen molar-refractivity contribution >= 4 is 17.7 Å². The SMILES string of the molecule is O=C(CN1CCN(C(=O)c2ccc(CNC(=O)C34CC5CC(CC(C5)C3)C4)cc2)CC1)NC1CC1. The number of benzene rings is 1. The van der Waals surface area contributed by atoms with Crippen LogP contribution in [0.3, 0.4) is 0 Å². The van der Waals surface area contributed by atoms with Crippen molar-refractivity contribution in [3.63, 3.8) is 0 Å². The Morgan fingerprint density at radius 1 is 0.857 bits per heavy atom. The molecule has 0 aromatic heterocycles. The molecule has 7 heteroatoms. The molecule has 0 atom stereocenters. The van der Waals surface area contributed by atoms with E-state index >= 15 is 0 Å². The fourth-order valence-electron chi connectivity index (χ4n) is 7.52. The number of carbonyl (C=O) groups excluding carboxylic acids is 3. The highest BCUT2D eigenvalue weighted by atomic mass is 16.2. The minimum atomic E-state index is -0.120. The van der Waals surface area contributed by atoms with Crippen LogP contribution < -0.4 is 10.6 Å². The maximum atomic E-state index is 13.2. The van der Waals surface area contributed by atoms with Crippen LogP contribution in [0.4, 0.5) is 0 Å². The molecule has 5 saturated carbocycles. The molecule has 3 amide bonds. The minimum absolute atomic E-state index is 0.0382. The van der Waals surface area contributed by atoms with Gasteiger partial charge < -0.3 is 15.5 Å². The highest BCUT2D eigenvalue weighted by Gasteiger charge is 2.54. The molecule has 0 unspecified atom stereocenters. The zero-order chi connectivity index (χ0) is 24.0. The number of rotatable bonds is 7. The summed E-state index contributed by atoms with van der Waals surface area (Å²) in [6, 6.07) is 8.07. The lowest BCUT2D eigenvalue weighted by atomic mass is 9.49. The standard InChI is InChI=1S/C28H38N4O3/c33-25(30-24-5-6-24)18-31-7-9-32(10-8-31)26(34)23-3-1-19(2-4-23)17-29-27(35)28-14-20-11-21(15-28)13-22(12-20)16-28/h1-4,20-22,24H,5-18H2,(H,29,35)(H,30,33). The first-order chi connectivity index (χ1) is 17.0. The van der Waals surface area contributed by atoms with Crippen LogP contribution in [0.2, 0.25) is 0 Å². The lowest BCUT2D eigenvalue weighted by Crippen LogP contribution is -2.53. The van der Waals surface area contributed by atoms with Crippen molar-refractivity contribution in [2.75, 3.05) is 32.7 Å². The third kappa shape index (κ3) is 4.97. The predicted octanol–water partition coefficient (Wildman–Crippen LogP) is 2.56. The Balaban J connectivity index is 0.975. The first kappa shape index (κ1) is 23.0. The van der Waals surface area contributed by atoms with Crippen molar-refractivity contribution in [3.8, 4) is 0 Å². The van der Waals surface area contributed by atoms with Gasteiger partial charge in [0.2, 0.25) is 11.8 Å². The maximum Gasteiger partial charge on any atom is 0.253 e. The monoisotopic (exact) mass is 478 g/mol. The van der Waals surface area contributed by atoms with Crippen molar-refractivity contribution < 1.29 is 14.4 Å². The molecular formula is C28H38N4O3. The lowest BCUT2D eigenvalue weighted by Gasteiger charge is -2.55. The summed E-state index contributed by atoms with van der Waals surface area (Å²) in [7, 11) is 0. The molecule has 2 N–H and O–H groups in total.